The maximum Gasteiger partial charge on any atom is 0.306 e. The number of anilines is 1. The van der Waals surface area contributed by atoms with E-state index in [9.17, 15) is 4.79 Å². The van der Waals surface area contributed by atoms with Crippen LogP contribution in [0, 0.1) is 6.92 Å². The number of carbonyl (C=O) groups excluding carboxylic acids is 1. The monoisotopic (exact) mass is 397 g/mol. The molecule has 2 aromatic rings. The topological polar surface area (TPSA) is 89.3 Å². The quantitative estimate of drug-likeness (QED) is 0.501. The van der Waals surface area contributed by atoms with Crippen LogP contribution in [0.5, 0.6) is 0 Å². The maximum atomic E-state index is 11.7. The molecule has 0 N–H and O–H groups in total. The molecule has 1 fully saturated rings. The minimum Gasteiger partial charge on any atom is -0.466 e. The van der Waals surface area contributed by atoms with E-state index in [2.05, 4.69) is 44.2 Å². The molecular formula is C21H27N5O3. The Morgan fingerprint density at radius 2 is 2.07 bits per heavy atom. The van der Waals surface area contributed by atoms with Crippen LogP contribution in [0.25, 0.3) is 0 Å². The predicted molar refractivity (Wildman–Crippen MR) is 109 cm³/mol. The van der Waals surface area contributed by atoms with Crippen LogP contribution in [-0.2, 0) is 27.2 Å². The van der Waals surface area contributed by atoms with Gasteiger partial charge in [-0.1, -0.05) is 29.8 Å². The number of benzene rings is 1. The van der Waals surface area contributed by atoms with Crippen molar-refractivity contribution < 1.29 is 14.3 Å². The van der Waals surface area contributed by atoms with Crippen molar-refractivity contribution in [1.29, 1.82) is 0 Å². The summed E-state index contributed by atoms with van der Waals surface area (Å²) in [5, 5.41) is 8.62. The number of carbonyl (C=O) groups is 1. The summed E-state index contributed by atoms with van der Waals surface area (Å²) < 4.78 is 10.4. The molecule has 0 amide bonds. The van der Waals surface area contributed by atoms with Gasteiger partial charge in [0, 0.05) is 25.6 Å². The third-order valence-electron chi connectivity index (χ3n) is 4.45. The molecule has 0 saturated carbocycles. The van der Waals surface area contributed by atoms with Crippen LogP contribution in [-0.4, -0.2) is 48.8 Å². The smallest absolute Gasteiger partial charge is 0.306 e. The van der Waals surface area contributed by atoms with Crippen molar-refractivity contribution >= 4 is 17.6 Å². The molecular weight excluding hydrogens is 370 g/mol. The van der Waals surface area contributed by atoms with E-state index in [0.717, 1.165) is 24.5 Å². The van der Waals surface area contributed by atoms with Gasteiger partial charge in [-0.2, -0.15) is 5.11 Å². The van der Waals surface area contributed by atoms with Crippen LogP contribution in [0.4, 0.5) is 11.6 Å². The molecule has 0 aliphatic carbocycles. The molecule has 1 aliphatic rings. The van der Waals surface area contributed by atoms with Crippen molar-refractivity contribution in [2.45, 2.75) is 33.2 Å². The third kappa shape index (κ3) is 6.60. The Balaban J connectivity index is 1.75. The Labute approximate surface area is 171 Å². The van der Waals surface area contributed by atoms with Crippen molar-refractivity contribution in [2.75, 3.05) is 37.8 Å². The summed E-state index contributed by atoms with van der Waals surface area (Å²) in [6.45, 7) is 7.53. The van der Waals surface area contributed by atoms with Crippen LogP contribution in [0.2, 0.25) is 0 Å². The molecule has 1 aromatic carbocycles. The number of morpholine rings is 1. The fourth-order valence-electron chi connectivity index (χ4n) is 3.03. The number of ether oxygens (including phenoxy) is 2. The lowest BCUT2D eigenvalue weighted by Gasteiger charge is -2.28. The number of aryl methyl sites for hydroxylation is 2. The standard InChI is InChI=1S/C21H27N5O3/c1-3-29-21(27)8-7-18-23-19(14-20(24-18)26-9-11-28-12-10-26)25-22-15-17-6-4-5-16(2)13-17/h4-6,13-14H,3,7-12,15H2,1-2H3. The molecule has 0 bridgehead atoms. The normalized spacial score (nSPS) is 14.3. The molecule has 0 unspecified atom stereocenters. The van der Waals surface area contributed by atoms with E-state index in [1.165, 1.54) is 5.56 Å². The van der Waals surface area contributed by atoms with Crippen LogP contribution in [0.15, 0.2) is 40.6 Å². The maximum absolute atomic E-state index is 11.7. The van der Waals surface area contributed by atoms with Gasteiger partial charge in [-0.25, -0.2) is 9.97 Å². The fraction of sp³-hybridized carbons (Fsp3) is 0.476. The number of hydrogen-bond acceptors (Lipinski definition) is 8. The summed E-state index contributed by atoms with van der Waals surface area (Å²) in [6.07, 6.45) is 0.637. The lowest BCUT2D eigenvalue weighted by atomic mass is 10.1. The molecule has 8 heteroatoms. The predicted octanol–water partition coefficient (Wildman–Crippen LogP) is 3.40. The van der Waals surface area contributed by atoms with Gasteiger partial charge in [-0.05, 0) is 19.4 Å². The van der Waals surface area contributed by atoms with Gasteiger partial charge in [0.15, 0.2) is 5.82 Å². The van der Waals surface area contributed by atoms with Crippen molar-refractivity contribution in [3.63, 3.8) is 0 Å². The van der Waals surface area contributed by atoms with E-state index in [-0.39, 0.29) is 12.4 Å². The van der Waals surface area contributed by atoms with Gasteiger partial charge in [0.25, 0.3) is 0 Å². The molecule has 1 aliphatic heterocycles. The molecule has 0 atom stereocenters. The van der Waals surface area contributed by atoms with E-state index < -0.39 is 0 Å². The summed E-state index contributed by atoms with van der Waals surface area (Å²) in [4.78, 5) is 22.9. The summed E-state index contributed by atoms with van der Waals surface area (Å²) in [7, 11) is 0. The summed E-state index contributed by atoms with van der Waals surface area (Å²) in [5.74, 6) is 1.58. The highest BCUT2D eigenvalue weighted by molar-refractivity contribution is 5.69. The Bertz CT molecular complexity index is 850. The van der Waals surface area contributed by atoms with Crippen LogP contribution in [0.1, 0.15) is 30.3 Å². The number of rotatable bonds is 8. The summed E-state index contributed by atoms with van der Waals surface area (Å²) in [5.41, 5.74) is 2.29. The Morgan fingerprint density at radius 1 is 1.24 bits per heavy atom. The number of azo groups is 1. The number of hydrogen-bond donors (Lipinski definition) is 0. The second kappa shape index (κ2) is 10.6. The number of nitrogens with zero attached hydrogens (tertiary/aromatic N) is 5. The van der Waals surface area contributed by atoms with Gasteiger partial charge in [0.2, 0.25) is 0 Å². The van der Waals surface area contributed by atoms with Gasteiger partial charge < -0.3 is 14.4 Å². The molecule has 1 aromatic heterocycles. The van der Waals surface area contributed by atoms with Crippen molar-refractivity contribution in [3.8, 4) is 0 Å². The summed E-state index contributed by atoms with van der Waals surface area (Å²) in [6, 6.07) is 10.0. The number of esters is 1. The van der Waals surface area contributed by atoms with Crippen LogP contribution >= 0.6 is 0 Å². The molecule has 0 radical (unpaired) electrons. The first-order valence-electron chi connectivity index (χ1n) is 9.93. The van der Waals surface area contributed by atoms with Crippen molar-refractivity contribution in [1.82, 2.24) is 9.97 Å². The molecule has 8 nitrogen and oxygen atoms in total. The van der Waals surface area contributed by atoms with Crippen molar-refractivity contribution in [2.24, 2.45) is 10.2 Å². The Hall–Kier alpha value is -2.87. The second-order valence-corrected chi connectivity index (χ2v) is 6.79. The average molecular weight is 397 g/mol. The fourth-order valence-corrected chi connectivity index (χ4v) is 3.03. The first-order chi connectivity index (χ1) is 14.1. The summed E-state index contributed by atoms with van der Waals surface area (Å²) >= 11 is 0. The second-order valence-electron chi connectivity index (χ2n) is 6.79. The Kier molecular flexibility index (Phi) is 7.63. The minimum atomic E-state index is -0.254. The van der Waals surface area contributed by atoms with Gasteiger partial charge in [0.05, 0.1) is 32.8 Å². The van der Waals surface area contributed by atoms with E-state index in [1.54, 1.807) is 6.92 Å². The lowest BCUT2D eigenvalue weighted by molar-refractivity contribution is -0.143. The van der Waals surface area contributed by atoms with Gasteiger partial charge in [0.1, 0.15) is 11.6 Å². The largest absolute Gasteiger partial charge is 0.466 e. The number of aromatic nitrogens is 2. The first kappa shape index (κ1) is 20.9. The highest BCUT2D eigenvalue weighted by atomic mass is 16.5. The van der Waals surface area contributed by atoms with E-state index in [4.69, 9.17) is 9.47 Å². The molecule has 3 rings (SSSR count). The van der Waals surface area contributed by atoms with Crippen LogP contribution in [0.3, 0.4) is 0 Å². The SMILES string of the molecule is CCOC(=O)CCc1nc(N=NCc2cccc(C)c2)cc(N2CCOCC2)n1. The molecule has 154 valence electrons. The van der Waals surface area contributed by atoms with Crippen molar-refractivity contribution in [3.05, 3.63) is 47.3 Å². The van der Waals surface area contributed by atoms with Crippen LogP contribution < -0.4 is 4.90 Å². The van der Waals surface area contributed by atoms with Gasteiger partial charge in [-0.15, -0.1) is 5.11 Å². The van der Waals surface area contributed by atoms with E-state index in [1.807, 2.05) is 18.2 Å². The molecule has 1 saturated heterocycles. The average Bonchev–Trinajstić information content (AvgIpc) is 2.73. The molecule has 0 spiro atoms. The van der Waals surface area contributed by atoms with E-state index >= 15 is 0 Å². The third-order valence-corrected chi connectivity index (χ3v) is 4.45. The minimum absolute atomic E-state index is 0.236. The lowest BCUT2D eigenvalue weighted by Crippen LogP contribution is -2.36. The zero-order chi connectivity index (χ0) is 20.5. The molecule has 29 heavy (non-hydrogen) atoms. The zero-order valence-corrected chi connectivity index (χ0v) is 17.0. The highest BCUT2D eigenvalue weighted by Gasteiger charge is 2.16. The zero-order valence-electron chi connectivity index (χ0n) is 17.0. The first-order valence-corrected chi connectivity index (χ1v) is 9.93. The Morgan fingerprint density at radius 3 is 2.83 bits per heavy atom. The van der Waals surface area contributed by atoms with E-state index in [0.29, 0.717) is 44.4 Å². The molecule has 2 heterocycles. The van der Waals surface area contributed by atoms with Gasteiger partial charge >= 0.3 is 5.97 Å². The highest BCUT2D eigenvalue weighted by Crippen LogP contribution is 2.21. The van der Waals surface area contributed by atoms with Gasteiger partial charge in [-0.3, -0.25) is 4.79 Å².